The molecule has 1 atom stereocenters. The molecular formula is C13H15BrN2O3. The van der Waals surface area contributed by atoms with Gasteiger partial charge in [0.05, 0.1) is 16.8 Å². The van der Waals surface area contributed by atoms with Crippen molar-refractivity contribution in [3.05, 3.63) is 28.2 Å². The van der Waals surface area contributed by atoms with Crippen molar-refractivity contribution in [2.75, 3.05) is 5.32 Å². The van der Waals surface area contributed by atoms with Crippen LogP contribution >= 0.6 is 15.9 Å². The van der Waals surface area contributed by atoms with Gasteiger partial charge in [0.1, 0.15) is 0 Å². The molecule has 0 spiro atoms. The highest BCUT2D eigenvalue weighted by atomic mass is 79.9. The molecule has 1 amide bonds. The number of carbonyl (C=O) groups excluding carboxylic acids is 1. The molecule has 1 aromatic carbocycles. The summed E-state index contributed by atoms with van der Waals surface area (Å²) in [6.45, 7) is 1.70. The molecule has 5 nitrogen and oxygen atoms in total. The first kappa shape index (κ1) is 14.0. The van der Waals surface area contributed by atoms with Gasteiger partial charge in [-0.25, -0.2) is 4.79 Å². The van der Waals surface area contributed by atoms with Gasteiger partial charge >= 0.3 is 5.97 Å². The fraction of sp³-hybridized carbons (Fsp3) is 0.385. The van der Waals surface area contributed by atoms with Gasteiger partial charge in [-0.1, -0.05) is 0 Å². The summed E-state index contributed by atoms with van der Waals surface area (Å²) >= 11 is 3.28. The summed E-state index contributed by atoms with van der Waals surface area (Å²) in [5.41, 5.74) is 5.63. The number of carboxylic acid groups (broad SMARTS) is 1. The lowest BCUT2D eigenvalue weighted by molar-refractivity contribution is -0.121. The van der Waals surface area contributed by atoms with E-state index in [9.17, 15) is 9.59 Å². The lowest BCUT2D eigenvalue weighted by atomic mass is 9.96. The van der Waals surface area contributed by atoms with E-state index in [2.05, 4.69) is 21.2 Å². The third-order valence-electron chi connectivity index (χ3n) is 3.38. The third-order valence-corrected chi connectivity index (χ3v) is 4.07. The van der Waals surface area contributed by atoms with Gasteiger partial charge in [0.2, 0.25) is 5.91 Å². The highest BCUT2D eigenvalue weighted by molar-refractivity contribution is 9.10. The highest BCUT2D eigenvalue weighted by Crippen LogP contribution is 2.39. The molecule has 6 heteroatoms. The Balaban J connectivity index is 2.20. The van der Waals surface area contributed by atoms with Crippen LogP contribution in [0.5, 0.6) is 0 Å². The van der Waals surface area contributed by atoms with Gasteiger partial charge in [0.15, 0.2) is 0 Å². The minimum absolute atomic E-state index is 0.114. The number of hydrogen-bond donors (Lipinski definition) is 3. The molecule has 1 aromatic rings. The Morgan fingerprint density at radius 1 is 1.47 bits per heavy atom. The Morgan fingerprint density at radius 3 is 2.63 bits per heavy atom. The SMILES string of the molecule is CC(N)(C(=O)Nc1cc(C(=O)O)ccc1Br)C1CC1. The van der Waals surface area contributed by atoms with Gasteiger partial charge in [0, 0.05) is 4.47 Å². The lowest BCUT2D eigenvalue weighted by Gasteiger charge is -2.23. The first-order valence-electron chi connectivity index (χ1n) is 5.95. The van der Waals surface area contributed by atoms with Crippen LogP contribution in [0.4, 0.5) is 5.69 Å². The van der Waals surface area contributed by atoms with Crippen molar-refractivity contribution < 1.29 is 14.7 Å². The zero-order valence-corrected chi connectivity index (χ0v) is 12.0. The van der Waals surface area contributed by atoms with Gasteiger partial charge in [0.25, 0.3) is 0 Å². The molecule has 1 saturated carbocycles. The predicted octanol–water partition coefficient (Wildman–Crippen LogP) is 2.21. The first-order chi connectivity index (χ1) is 8.82. The van der Waals surface area contributed by atoms with Crippen LogP contribution in [-0.2, 0) is 4.79 Å². The lowest BCUT2D eigenvalue weighted by Crippen LogP contribution is -2.50. The second-order valence-electron chi connectivity index (χ2n) is 5.01. The Hall–Kier alpha value is -1.40. The van der Waals surface area contributed by atoms with E-state index >= 15 is 0 Å². The van der Waals surface area contributed by atoms with Gasteiger partial charge < -0.3 is 16.2 Å². The van der Waals surface area contributed by atoms with Crippen LogP contribution < -0.4 is 11.1 Å². The maximum atomic E-state index is 12.1. The number of nitrogens with one attached hydrogen (secondary N) is 1. The minimum atomic E-state index is -1.04. The first-order valence-corrected chi connectivity index (χ1v) is 6.75. The number of nitrogens with two attached hydrogens (primary N) is 1. The molecule has 19 heavy (non-hydrogen) atoms. The van der Waals surface area contributed by atoms with E-state index < -0.39 is 11.5 Å². The number of halogens is 1. The summed E-state index contributed by atoms with van der Waals surface area (Å²) in [6.07, 6.45) is 1.91. The third kappa shape index (κ3) is 2.96. The smallest absolute Gasteiger partial charge is 0.335 e. The second-order valence-corrected chi connectivity index (χ2v) is 5.87. The summed E-state index contributed by atoms with van der Waals surface area (Å²) in [6, 6.07) is 4.46. The molecule has 1 aliphatic rings. The van der Waals surface area contributed by atoms with Crippen molar-refractivity contribution in [3.63, 3.8) is 0 Å². The standard InChI is InChI=1S/C13H15BrN2O3/c1-13(15,8-3-4-8)12(19)16-10-6-7(11(17)18)2-5-9(10)14/h2,5-6,8H,3-4,15H2,1H3,(H,16,19)(H,17,18). The maximum absolute atomic E-state index is 12.1. The number of aromatic carboxylic acids is 1. The van der Waals surface area contributed by atoms with Crippen LogP contribution in [0.2, 0.25) is 0 Å². The Kier molecular flexibility index (Phi) is 3.64. The van der Waals surface area contributed by atoms with Gasteiger partial charge in [-0.15, -0.1) is 0 Å². The molecule has 0 radical (unpaired) electrons. The Bertz CT molecular complexity index is 539. The Morgan fingerprint density at radius 2 is 2.11 bits per heavy atom. The van der Waals surface area contributed by atoms with E-state index in [4.69, 9.17) is 10.8 Å². The largest absolute Gasteiger partial charge is 0.478 e. The molecule has 1 aliphatic carbocycles. The number of carboxylic acids is 1. The van der Waals surface area contributed by atoms with E-state index in [0.29, 0.717) is 10.2 Å². The van der Waals surface area contributed by atoms with Crippen molar-refractivity contribution in [1.82, 2.24) is 0 Å². The average Bonchev–Trinajstić information content (AvgIpc) is 3.15. The maximum Gasteiger partial charge on any atom is 0.335 e. The van der Waals surface area contributed by atoms with Crippen LogP contribution in [0.3, 0.4) is 0 Å². The molecule has 0 heterocycles. The molecule has 1 unspecified atom stereocenters. The van der Waals surface area contributed by atoms with Crippen LogP contribution in [0, 0.1) is 5.92 Å². The van der Waals surface area contributed by atoms with E-state index in [1.807, 2.05) is 0 Å². The molecule has 0 aromatic heterocycles. The summed E-state index contributed by atoms with van der Waals surface area (Å²) in [5, 5.41) is 11.6. The van der Waals surface area contributed by atoms with Crippen molar-refractivity contribution in [3.8, 4) is 0 Å². The van der Waals surface area contributed by atoms with E-state index in [1.165, 1.54) is 12.1 Å². The second kappa shape index (κ2) is 4.94. The molecule has 0 aliphatic heterocycles. The average molecular weight is 327 g/mol. The predicted molar refractivity (Wildman–Crippen MR) is 75.0 cm³/mol. The molecule has 0 bridgehead atoms. The Labute approximate surface area is 119 Å². The van der Waals surface area contributed by atoms with Gasteiger partial charge in [-0.3, -0.25) is 4.79 Å². The fourth-order valence-electron chi connectivity index (χ4n) is 1.88. The number of rotatable bonds is 4. The van der Waals surface area contributed by atoms with Crippen molar-refractivity contribution in [2.45, 2.75) is 25.3 Å². The molecule has 2 rings (SSSR count). The number of amides is 1. The molecule has 102 valence electrons. The number of benzene rings is 1. The van der Waals surface area contributed by atoms with Crippen molar-refractivity contribution in [1.29, 1.82) is 0 Å². The van der Waals surface area contributed by atoms with E-state index in [1.54, 1.807) is 13.0 Å². The summed E-state index contributed by atoms with van der Waals surface area (Å²) in [4.78, 5) is 23.1. The molecule has 4 N–H and O–H groups in total. The van der Waals surface area contributed by atoms with Crippen LogP contribution in [0.1, 0.15) is 30.1 Å². The van der Waals surface area contributed by atoms with Crippen LogP contribution in [-0.4, -0.2) is 22.5 Å². The summed E-state index contributed by atoms with van der Waals surface area (Å²) in [7, 11) is 0. The van der Waals surface area contributed by atoms with Crippen molar-refractivity contribution in [2.24, 2.45) is 11.7 Å². The van der Waals surface area contributed by atoms with Crippen LogP contribution in [0.15, 0.2) is 22.7 Å². The topological polar surface area (TPSA) is 92.4 Å². The number of anilines is 1. The van der Waals surface area contributed by atoms with Gasteiger partial charge in [-0.05, 0) is 59.8 Å². The fourth-order valence-corrected chi connectivity index (χ4v) is 2.23. The molecule has 0 saturated heterocycles. The summed E-state index contributed by atoms with van der Waals surface area (Å²) in [5.74, 6) is -1.13. The summed E-state index contributed by atoms with van der Waals surface area (Å²) < 4.78 is 0.623. The van der Waals surface area contributed by atoms with Gasteiger partial charge in [-0.2, -0.15) is 0 Å². The monoisotopic (exact) mass is 326 g/mol. The zero-order valence-electron chi connectivity index (χ0n) is 10.4. The molecule has 1 fully saturated rings. The van der Waals surface area contributed by atoms with E-state index in [-0.39, 0.29) is 17.4 Å². The van der Waals surface area contributed by atoms with Crippen LogP contribution in [0.25, 0.3) is 0 Å². The number of hydrogen-bond acceptors (Lipinski definition) is 3. The minimum Gasteiger partial charge on any atom is -0.478 e. The molecular weight excluding hydrogens is 312 g/mol. The van der Waals surface area contributed by atoms with E-state index in [0.717, 1.165) is 12.8 Å². The normalized spacial score (nSPS) is 17.6. The van der Waals surface area contributed by atoms with Crippen molar-refractivity contribution >= 4 is 33.5 Å². The zero-order chi connectivity index (χ0) is 14.2. The number of carbonyl (C=O) groups is 2. The quantitative estimate of drug-likeness (QED) is 0.790. The highest BCUT2D eigenvalue weighted by Gasteiger charge is 2.44.